The first-order valence-corrected chi connectivity index (χ1v) is 11.8. The molecule has 1 aliphatic heterocycles. The van der Waals surface area contributed by atoms with Crippen LogP contribution in [0.15, 0.2) is 28.0 Å². The van der Waals surface area contributed by atoms with Crippen molar-refractivity contribution in [3.05, 3.63) is 34.2 Å². The van der Waals surface area contributed by atoms with Gasteiger partial charge < -0.3 is 0 Å². The summed E-state index contributed by atoms with van der Waals surface area (Å²) >= 11 is 3.25. The second-order valence-corrected chi connectivity index (χ2v) is 11.8. The minimum Gasteiger partial charge on any atom is -0.160 e. The highest BCUT2D eigenvalue weighted by atomic mass is 79.9. The van der Waals surface area contributed by atoms with Crippen LogP contribution in [0.2, 0.25) is 0 Å². The maximum absolute atomic E-state index is 14.1. The molecule has 3 rings (SSSR count). The first kappa shape index (κ1) is 17.4. The lowest BCUT2D eigenvalue weighted by atomic mass is 9.97. The Balaban J connectivity index is 2.13. The third-order valence-electron chi connectivity index (χ3n) is 5.03. The Kier molecular flexibility index (Phi) is 4.90. The summed E-state index contributed by atoms with van der Waals surface area (Å²) in [6.07, 6.45) is 8.79. The van der Waals surface area contributed by atoms with Gasteiger partial charge in [-0.25, -0.2) is 0 Å². The minimum atomic E-state index is -4.25. The van der Waals surface area contributed by atoms with Gasteiger partial charge in [0.05, 0.1) is 0 Å². The maximum Gasteiger partial charge on any atom is 0.442 e. The van der Waals surface area contributed by atoms with Crippen LogP contribution >= 0.6 is 23.3 Å². The number of fused-ring (bicyclic) bond motifs is 1. The van der Waals surface area contributed by atoms with Gasteiger partial charge in [0, 0.05) is 4.90 Å². The SMILES string of the molecule is CCc1cccc2c1C=C(C1CCCCCC1)S2(Br)C(F)(F)F. The van der Waals surface area contributed by atoms with E-state index in [1.807, 2.05) is 19.1 Å². The van der Waals surface area contributed by atoms with Crippen molar-refractivity contribution in [2.75, 3.05) is 0 Å². The molecule has 23 heavy (non-hydrogen) atoms. The van der Waals surface area contributed by atoms with Crippen LogP contribution in [0.5, 0.6) is 0 Å². The molecule has 0 nitrogen and oxygen atoms in total. The van der Waals surface area contributed by atoms with Crippen LogP contribution in [-0.4, -0.2) is 5.51 Å². The zero-order valence-corrected chi connectivity index (χ0v) is 15.7. The normalized spacial score (nSPS) is 28.7. The van der Waals surface area contributed by atoms with Crippen LogP contribution in [0.4, 0.5) is 13.2 Å². The Morgan fingerprint density at radius 3 is 2.35 bits per heavy atom. The maximum atomic E-state index is 14.1. The van der Waals surface area contributed by atoms with Crippen LogP contribution in [0.1, 0.15) is 56.6 Å². The van der Waals surface area contributed by atoms with E-state index in [1.165, 1.54) is 0 Å². The number of hydrogen-bond donors (Lipinski definition) is 0. The largest absolute Gasteiger partial charge is 0.442 e. The minimum absolute atomic E-state index is 0.0607. The van der Waals surface area contributed by atoms with Crippen LogP contribution in [0, 0.1) is 5.92 Å². The predicted octanol–water partition coefficient (Wildman–Crippen LogP) is 7.57. The van der Waals surface area contributed by atoms with Crippen molar-refractivity contribution in [1.82, 2.24) is 0 Å². The van der Waals surface area contributed by atoms with E-state index in [0.29, 0.717) is 9.80 Å². The molecule has 0 spiro atoms. The molecule has 1 saturated carbocycles. The van der Waals surface area contributed by atoms with E-state index >= 15 is 0 Å². The number of benzene rings is 1. The Morgan fingerprint density at radius 1 is 1.13 bits per heavy atom. The van der Waals surface area contributed by atoms with Gasteiger partial charge in [0.15, 0.2) is 0 Å². The van der Waals surface area contributed by atoms with E-state index in [4.69, 9.17) is 0 Å². The van der Waals surface area contributed by atoms with Gasteiger partial charge in [-0.1, -0.05) is 44.7 Å². The third kappa shape index (κ3) is 2.88. The molecule has 2 aliphatic rings. The van der Waals surface area contributed by atoms with E-state index in [2.05, 4.69) is 14.8 Å². The number of aryl methyl sites for hydroxylation is 1. The van der Waals surface area contributed by atoms with Crippen LogP contribution in [0.3, 0.4) is 0 Å². The van der Waals surface area contributed by atoms with E-state index in [0.717, 1.165) is 56.1 Å². The van der Waals surface area contributed by atoms with Gasteiger partial charge in [0.1, 0.15) is 0 Å². The molecular formula is C18H22BrF3S. The van der Waals surface area contributed by atoms with Crippen molar-refractivity contribution >= 4 is 29.4 Å². The number of rotatable bonds is 2. The lowest BCUT2D eigenvalue weighted by Gasteiger charge is -2.38. The zero-order valence-electron chi connectivity index (χ0n) is 13.3. The van der Waals surface area contributed by atoms with Gasteiger partial charge in [0.25, 0.3) is 0 Å². The summed E-state index contributed by atoms with van der Waals surface area (Å²) < 4.78 is 42.3. The highest BCUT2D eigenvalue weighted by Crippen LogP contribution is 2.82. The molecule has 1 atom stereocenters. The van der Waals surface area contributed by atoms with E-state index in [9.17, 15) is 13.2 Å². The molecular weight excluding hydrogens is 385 g/mol. The lowest BCUT2D eigenvalue weighted by Crippen LogP contribution is -2.19. The predicted molar refractivity (Wildman–Crippen MR) is 95.8 cm³/mol. The smallest absolute Gasteiger partial charge is 0.160 e. The first-order valence-electron chi connectivity index (χ1n) is 8.32. The fourth-order valence-corrected chi connectivity index (χ4v) is 8.25. The second-order valence-electron chi connectivity index (χ2n) is 6.40. The molecule has 1 aromatic rings. The van der Waals surface area contributed by atoms with E-state index in [-0.39, 0.29) is 5.92 Å². The van der Waals surface area contributed by atoms with Crippen molar-refractivity contribution in [3.63, 3.8) is 0 Å². The van der Waals surface area contributed by atoms with Crippen molar-refractivity contribution in [2.45, 2.75) is 62.3 Å². The summed E-state index contributed by atoms with van der Waals surface area (Å²) in [4.78, 5) is 1.08. The van der Waals surface area contributed by atoms with Gasteiger partial charge >= 0.3 is 5.51 Å². The number of hydrogen-bond acceptors (Lipinski definition) is 0. The molecule has 0 N–H and O–H groups in total. The molecule has 128 valence electrons. The Bertz CT molecular complexity index is 615. The monoisotopic (exact) mass is 406 g/mol. The lowest BCUT2D eigenvalue weighted by molar-refractivity contribution is -0.0357. The molecule has 1 aromatic carbocycles. The number of alkyl halides is 3. The van der Waals surface area contributed by atoms with Crippen molar-refractivity contribution in [1.29, 1.82) is 0 Å². The van der Waals surface area contributed by atoms with Crippen molar-refractivity contribution in [3.8, 4) is 0 Å². The highest BCUT2D eigenvalue weighted by molar-refractivity contribution is 9.59. The molecule has 0 saturated heterocycles. The second kappa shape index (κ2) is 6.47. The fraction of sp³-hybridized carbons (Fsp3) is 0.556. The molecule has 0 bridgehead atoms. The topological polar surface area (TPSA) is 0 Å². The summed E-state index contributed by atoms with van der Waals surface area (Å²) in [5.74, 6) is 0.0607. The van der Waals surface area contributed by atoms with Gasteiger partial charge in [0.2, 0.25) is 0 Å². The van der Waals surface area contributed by atoms with E-state index in [1.54, 1.807) is 12.1 Å². The standard InChI is InChI=1S/C18H22BrF3S/c1-2-13-10-7-11-16-15(13)12-17(23(16,19)18(20,21)22)14-8-5-3-4-6-9-14/h7,10-12,14H,2-6,8-9H2,1H3. The van der Waals surface area contributed by atoms with Gasteiger partial charge in [-0.05, 0) is 76.6 Å². The Hall–Kier alpha value is -0.420. The molecule has 1 aliphatic carbocycles. The first-order chi connectivity index (χ1) is 10.9. The molecule has 1 heterocycles. The Morgan fingerprint density at radius 2 is 1.78 bits per heavy atom. The van der Waals surface area contributed by atoms with Gasteiger partial charge in [-0.3, -0.25) is 0 Å². The van der Waals surface area contributed by atoms with Crippen LogP contribution in [-0.2, 0) is 6.42 Å². The molecule has 0 amide bonds. The fourth-order valence-electron chi connectivity index (χ4n) is 3.83. The average Bonchev–Trinajstić information content (AvgIpc) is 2.68. The molecule has 1 fully saturated rings. The highest BCUT2D eigenvalue weighted by Gasteiger charge is 2.56. The summed E-state index contributed by atoms with van der Waals surface area (Å²) in [7, 11) is -3.09. The van der Waals surface area contributed by atoms with Gasteiger partial charge in [-0.2, -0.15) is 13.2 Å². The molecule has 5 heteroatoms. The molecule has 0 radical (unpaired) electrons. The number of halogens is 4. The summed E-state index contributed by atoms with van der Waals surface area (Å²) in [5, 5.41) is 0. The summed E-state index contributed by atoms with van der Waals surface area (Å²) in [6.45, 7) is 2.01. The Labute approximate surface area is 145 Å². The number of allylic oxidation sites excluding steroid dienone is 1. The quantitative estimate of drug-likeness (QED) is 0.444. The van der Waals surface area contributed by atoms with Crippen molar-refractivity contribution in [2.24, 2.45) is 5.92 Å². The van der Waals surface area contributed by atoms with Crippen molar-refractivity contribution < 1.29 is 13.2 Å². The summed E-state index contributed by atoms with van der Waals surface area (Å²) in [6, 6.07) is 5.40. The van der Waals surface area contributed by atoms with E-state index < -0.39 is 14.0 Å². The zero-order chi connectivity index (χ0) is 16.7. The van der Waals surface area contributed by atoms with Crippen LogP contribution in [0.25, 0.3) is 6.08 Å². The molecule has 1 unspecified atom stereocenters. The third-order valence-corrected chi connectivity index (χ3v) is 11.0. The average molecular weight is 407 g/mol. The summed E-state index contributed by atoms with van der Waals surface area (Å²) in [5.41, 5.74) is -2.41. The molecule has 0 aromatic heterocycles. The van der Waals surface area contributed by atoms with Gasteiger partial charge in [-0.15, -0.1) is 0 Å². The van der Waals surface area contributed by atoms with Crippen LogP contribution < -0.4 is 0 Å².